The van der Waals surface area contributed by atoms with Crippen LogP contribution in [0.25, 0.3) is 0 Å². The van der Waals surface area contributed by atoms with Crippen molar-refractivity contribution in [2.24, 2.45) is 5.92 Å². The number of nitrogens with one attached hydrogen (secondary N) is 1. The van der Waals surface area contributed by atoms with Gasteiger partial charge in [-0.3, -0.25) is 4.79 Å². The normalized spacial score (nSPS) is 21.3. The SMILES string of the molecule is CC(C)(Oc1ccc(F)cc1)C(=O)N[C@@H]1C=C[C@H](CO)C1. The van der Waals surface area contributed by atoms with Crippen molar-refractivity contribution in [1.82, 2.24) is 5.32 Å². The Hall–Kier alpha value is -1.88. The van der Waals surface area contributed by atoms with Crippen LogP contribution in [0.2, 0.25) is 0 Å². The molecule has 0 heterocycles. The first-order valence-electron chi connectivity index (χ1n) is 6.95. The molecular formula is C16H20FNO3. The van der Waals surface area contributed by atoms with Crippen LogP contribution in [0.5, 0.6) is 5.75 Å². The Bertz CT molecular complexity index is 525. The van der Waals surface area contributed by atoms with E-state index in [1.807, 2.05) is 12.2 Å². The van der Waals surface area contributed by atoms with Gasteiger partial charge in [-0.1, -0.05) is 12.2 Å². The molecule has 21 heavy (non-hydrogen) atoms. The molecule has 2 N–H and O–H groups in total. The maximum absolute atomic E-state index is 12.9. The molecule has 1 aromatic carbocycles. The van der Waals surface area contributed by atoms with Crippen molar-refractivity contribution >= 4 is 5.91 Å². The first-order chi connectivity index (χ1) is 9.90. The number of hydrogen-bond donors (Lipinski definition) is 2. The van der Waals surface area contributed by atoms with Crippen LogP contribution in [0.4, 0.5) is 4.39 Å². The van der Waals surface area contributed by atoms with E-state index in [1.54, 1.807) is 13.8 Å². The lowest BCUT2D eigenvalue weighted by atomic mass is 10.1. The third-order valence-corrected chi connectivity index (χ3v) is 3.46. The van der Waals surface area contributed by atoms with Crippen molar-refractivity contribution in [3.05, 3.63) is 42.2 Å². The topological polar surface area (TPSA) is 58.6 Å². The molecule has 0 radical (unpaired) electrons. The number of rotatable bonds is 5. The highest BCUT2D eigenvalue weighted by Gasteiger charge is 2.32. The van der Waals surface area contributed by atoms with Gasteiger partial charge in [-0.25, -0.2) is 4.39 Å². The Morgan fingerprint density at radius 3 is 2.62 bits per heavy atom. The van der Waals surface area contributed by atoms with E-state index in [9.17, 15) is 9.18 Å². The van der Waals surface area contributed by atoms with Crippen molar-refractivity contribution < 1.29 is 19.0 Å². The summed E-state index contributed by atoms with van der Waals surface area (Å²) in [7, 11) is 0. The fourth-order valence-corrected chi connectivity index (χ4v) is 2.20. The van der Waals surface area contributed by atoms with Gasteiger partial charge in [-0.05, 0) is 44.5 Å². The fraction of sp³-hybridized carbons (Fsp3) is 0.438. The second-order valence-electron chi connectivity index (χ2n) is 5.71. The molecule has 2 rings (SSSR count). The van der Waals surface area contributed by atoms with Crippen molar-refractivity contribution in [3.8, 4) is 5.75 Å². The summed E-state index contributed by atoms with van der Waals surface area (Å²) in [5, 5.41) is 12.0. The average molecular weight is 293 g/mol. The number of carbonyl (C=O) groups excluding carboxylic acids is 1. The quantitative estimate of drug-likeness (QED) is 0.817. The number of aliphatic hydroxyl groups excluding tert-OH is 1. The van der Waals surface area contributed by atoms with Crippen molar-refractivity contribution in [2.45, 2.75) is 31.9 Å². The molecule has 0 unspecified atom stereocenters. The van der Waals surface area contributed by atoms with Crippen molar-refractivity contribution in [2.75, 3.05) is 6.61 Å². The monoisotopic (exact) mass is 293 g/mol. The zero-order chi connectivity index (χ0) is 15.5. The molecule has 1 amide bonds. The van der Waals surface area contributed by atoms with E-state index in [-0.39, 0.29) is 30.3 Å². The number of amides is 1. The zero-order valence-electron chi connectivity index (χ0n) is 12.2. The molecule has 0 spiro atoms. The van der Waals surface area contributed by atoms with E-state index in [4.69, 9.17) is 9.84 Å². The summed E-state index contributed by atoms with van der Waals surface area (Å²) in [5.74, 6) is -0.0704. The molecule has 0 fully saturated rings. The number of carbonyl (C=O) groups is 1. The van der Waals surface area contributed by atoms with Gasteiger partial charge in [-0.2, -0.15) is 0 Å². The first kappa shape index (κ1) is 15.5. The molecule has 1 aromatic rings. The molecule has 0 aliphatic heterocycles. The predicted octanol–water partition coefficient (Wildman–Crippen LogP) is 2.04. The largest absolute Gasteiger partial charge is 0.478 e. The lowest BCUT2D eigenvalue weighted by Crippen LogP contribution is -2.49. The van der Waals surface area contributed by atoms with E-state index in [0.29, 0.717) is 12.2 Å². The minimum atomic E-state index is -1.07. The van der Waals surface area contributed by atoms with Crippen molar-refractivity contribution in [3.63, 3.8) is 0 Å². The Morgan fingerprint density at radius 1 is 1.38 bits per heavy atom. The molecular weight excluding hydrogens is 273 g/mol. The van der Waals surface area contributed by atoms with Gasteiger partial charge < -0.3 is 15.2 Å². The molecule has 5 heteroatoms. The number of halogens is 1. The summed E-state index contributed by atoms with van der Waals surface area (Å²) in [4.78, 5) is 12.3. The Labute approximate surface area is 123 Å². The van der Waals surface area contributed by atoms with Crippen LogP contribution in [0.15, 0.2) is 36.4 Å². The summed E-state index contributed by atoms with van der Waals surface area (Å²) in [6.07, 6.45) is 4.47. The van der Waals surface area contributed by atoms with Gasteiger partial charge in [0.2, 0.25) is 0 Å². The second-order valence-corrected chi connectivity index (χ2v) is 5.71. The lowest BCUT2D eigenvalue weighted by Gasteiger charge is -2.27. The highest BCUT2D eigenvalue weighted by molar-refractivity contribution is 5.85. The molecule has 1 aliphatic carbocycles. The number of aliphatic hydroxyl groups is 1. The van der Waals surface area contributed by atoms with E-state index < -0.39 is 5.60 Å². The third kappa shape index (κ3) is 4.04. The minimum Gasteiger partial charge on any atom is -0.478 e. The van der Waals surface area contributed by atoms with Gasteiger partial charge in [0.1, 0.15) is 11.6 Å². The van der Waals surface area contributed by atoms with Crippen LogP contribution >= 0.6 is 0 Å². The van der Waals surface area contributed by atoms with Gasteiger partial charge in [-0.15, -0.1) is 0 Å². The van der Waals surface area contributed by atoms with Crippen LogP contribution < -0.4 is 10.1 Å². The number of benzene rings is 1. The summed E-state index contributed by atoms with van der Waals surface area (Å²) in [6, 6.07) is 5.46. The van der Waals surface area contributed by atoms with Gasteiger partial charge in [0.05, 0.1) is 0 Å². The molecule has 0 bridgehead atoms. The standard InChI is InChI=1S/C16H20FNO3/c1-16(2,21-14-7-4-12(17)5-8-14)15(20)18-13-6-3-11(9-13)10-19/h3-8,11,13,19H,9-10H2,1-2H3,(H,18,20)/t11-,13+/m0/s1. The average Bonchev–Trinajstić information content (AvgIpc) is 2.89. The highest BCUT2D eigenvalue weighted by Crippen LogP contribution is 2.21. The second kappa shape index (κ2) is 6.26. The van der Waals surface area contributed by atoms with Crippen LogP contribution in [0.1, 0.15) is 20.3 Å². The Balaban J connectivity index is 1.94. The molecule has 0 saturated heterocycles. The van der Waals surface area contributed by atoms with E-state index in [1.165, 1.54) is 24.3 Å². The van der Waals surface area contributed by atoms with Gasteiger partial charge in [0.25, 0.3) is 5.91 Å². The molecule has 114 valence electrons. The van der Waals surface area contributed by atoms with Crippen LogP contribution in [0, 0.1) is 11.7 Å². The summed E-state index contributed by atoms with van der Waals surface area (Å²) < 4.78 is 18.5. The Kier molecular flexibility index (Phi) is 4.63. The van der Waals surface area contributed by atoms with Crippen LogP contribution in [0.3, 0.4) is 0 Å². The van der Waals surface area contributed by atoms with E-state index in [2.05, 4.69) is 5.32 Å². The predicted molar refractivity (Wildman–Crippen MR) is 77.4 cm³/mol. The summed E-state index contributed by atoms with van der Waals surface area (Å²) >= 11 is 0. The first-order valence-corrected chi connectivity index (χ1v) is 6.95. The van der Waals surface area contributed by atoms with E-state index in [0.717, 1.165) is 0 Å². The number of hydrogen-bond acceptors (Lipinski definition) is 3. The third-order valence-electron chi connectivity index (χ3n) is 3.46. The zero-order valence-corrected chi connectivity index (χ0v) is 12.2. The van der Waals surface area contributed by atoms with Crippen LogP contribution in [-0.2, 0) is 4.79 Å². The van der Waals surface area contributed by atoms with Gasteiger partial charge in [0, 0.05) is 18.6 Å². The molecule has 4 nitrogen and oxygen atoms in total. The molecule has 0 saturated carbocycles. The van der Waals surface area contributed by atoms with Crippen molar-refractivity contribution in [1.29, 1.82) is 0 Å². The lowest BCUT2D eigenvalue weighted by molar-refractivity contribution is -0.134. The highest BCUT2D eigenvalue weighted by atomic mass is 19.1. The Morgan fingerprint density at radius 2 is 2.05 bits per heavy atom. The molecule has 0 aromatic heterocycles. The van der Waals surface area contributed by atoms with E-state index >= 15 is 0 Å². The number of ether oxygens (including phenoxy) is 1. The van der Waals surface area contributed by atoms with Gasteiger partial charge >= 0.3 is 0 Å². The maximum atomic E-state index is 12.9. The smallest absolute Gasteiger partial charge is 0.264 e. The minimum absolute atomic E-state index is 0.0817. The molecule has 1 aliphatic rings. The molecule has 2 atom stereocenters. The summed E-state index contributed by atoms with van der Waals surface area (Å²) in [6.45, 7) is 3.40. The van der Waals surface area contributed by atoms with Crippen LogP contribution in [-0.4, -0.2) is 29.3 Å². The summed E-state index contributed by atoms with van der Waals surface area (Å²) in [5.41, 5.74) is -1.07. The fourth-order valence-electron chi connectivity index (χ4n) is 2.20. The maximum Gasteiger partial charge on any atom is 0.264 e. The van der Waals surface area contributed by atoms with Gasteiger partial charge in [0.15, 0.2) is 5.60 Å².